The van der Waals surface area contributed by atoms with Gasteiger partial charge in [-0.25, -0.2) is 0 Å². The van der Waals surface area contributed by atoms with Crippen LogP contribution in [0.4, 0.5) is 0 Å². The number of rotatable bonds is 6. The number of carbonyl (C=O) groups excluding carboxylic acids is 1. The Kier molecular flexibility index (Phi) is 5.60. The Morgan fingerprint density at radius 1 is 1.26 bits per heavy atom. The van der Waals surface area contributed by atoms with Crippen molar-refractivity contribution in [2.45, 2.75) is 45.1 Å². The molecule has 1 heterocycles. The van der Waals surface area contributed by atoms with Crippen LogP contribution in [-0.4, -0.2) is 36.5 Å². The first kappa shape index (κ1) is 16.8. The average Bonchev–Trinajstić information content (AvgIpc) is 3.36. The minimum absolute atomic E-state index is 0.204. The van der Waals surface area contributed by atoms with E-state index in [9.17, 15) is 4.79 Å². The van der Waals surface area contributed by atoms with Gasteiger partial charge in [-0.15, -0.1) is 0 Å². The quantitative estimate of drug-likeness (QED) is 0.863. The minimum atomic E-state index is 0.204. The van der Waals surface area contributed by atoms with Crippen molar-refractivity contribution in [1.82, 2.24) is 10.2 Å². The smallest absolute Gasteiger partial charge is 0.225 e. The summed E-state index contributed by atoms with van der Waals surface area (Å²) >= 11 is 5.95. The van der Waals surface area contributed by atoms with Crippen molar-refractivity contribution >= 4 is 17.5 Å². The summed E-state index contributed by atoms with van der Waals surface area (Å²) in [5.74, 6) is 1.32. The molecule has 1 amide bonds. The summed E-state index contributed by atoms with van der Waals surface area (Å²) in [4.78, 5) is 15.1. The Balaban J connectivity index is 1.59. The number of nitrogens with one attached hydrogen (secondary N) is 1. The van der Waals surface area contributed by atoms with Gasteiger partial charge in [0.25, 0.3) is 0 Å². The molecule has 0 bridgehead atoms. The zero-order valence-electron chi connectivity index (χ0n) is 13.9. The van der Waals surface area contributed by atoms with Gasteiger partial charge in [0.05, 0.1) is 0 Å². The van der Waals surface area contributed by atoms with Crippen molar-refractivity contribution in [3.8, 4) is 0 Å². The Morgan fingerprint density at radius 3 is 2.65 bits per heavy atom. The van der Waals surface area contributed by atoms with Crippen LogP contribution in [0.3, 0.4) is 0 Å². The lowest BCUT2D eigenvalue weighted by Crippen LogP contribution is -2.45. The normalized spacial score (nSPS) is 24.4. The zero-order chi connectivity index (χ0) is 16.2. The van der Waals surface area contributed by atoms with Gasteiger partial charge in [0.15, 0.2) is 0 Å². The summed E-state index contributed by atoms with van der Waals surface area (Å²) in [5, 5.41) is 4.21. The molecular formula is C19H27ClN2O. The molecule has 1 saturated carbocycles. The summed E-state index contributed by atoms with van der Waals surface area (Å²) in [6.45, 7) is 4.92. The second-order valence-electron chi connectivity index (χ2n) is 7.18. The number of amides is 1. The lowest BCUT2D eigenvalue weighted by molar-refractivity contribution is -0.137. The van der Waals surface area contributed by atoms with E-state index < -0.39 is 0 Å². The maximum atomic E-state index is 13.0. The van der Waals surface area contributed by atoms with Gasteiger partial charge in [-0.2, -0.15) is 0 Å². The summed E-state index contributed by atoms with van der Waals surface area (Å²) in [5.41, 5.74) is 1.25. The molecule has 0 radical (unpaired) electrons. The van der Waals surface area contributed by atoms with E-state index in [1.165, 1.54) is 18.4 Å². The van der Waals surface area contributed by atoms with Gasteiger partial charge in [0.1, 0.15) is 0 Å². The molecule has 126 valence electrons. The van der Waals surface area contributed by atoms with E-state index in [0.29, 0.717) is 11.9 Å². The standard InChI is InChI=1S/C19H27ClN2O/c1-14-12-17(8-10-21-14)19(23)22(13-16-2-3-16)11-9-15-4-6-18(20)7-5-15/h4-7,14,16-17,21H,2-3,8-13H2,1H3/t14-,17-/m0/s1. The fraction of sp³-hybridized carbons (Fsp3) is 0.632. The topological polar surface area (TPSA) is 32.3 Å². The fourth-order valence-electron chi connectivity index (χ4n) is 3.43. The summed E-state index contributed by atoms with van der Waals surface area (Å²) in [6, 6.07) is 8.44. The van der Waals surface area contributed by atoms with Crippen LogP contribution in [0.25, 0.3) is 0 Å². The van der Waals surface area contributed by atoms with Crippen molar-refractivity contribution in [2.75, 3.05) is 19.6 Å². The van der Waals surface area contributed by atoms with Crippen LogP contribution in [-0.2, 0) is 11.2 Å². The number of carbonyl (C=O) groups is 1. The van der Waals surface area contributed by atoms with Gasteiger partial charge in [0.2, 0.25) is 5.91 Å². The highest BCUT2D eigenvalue weighted by molar-refractivity contribution is 6.30. The van der Waals surface area contributed by atoms with E-state index in [4.69, 9.17) is 11.6 Å². The molecule has 4 heteroatoms. The van der Waals surface area contributed by atoms with Crippen LogP contribution in [0, 0.1) is 11.8 Å². The predicted molar refractivity (Wildman–Crippen MR) is 94.6 cm³/mol. The molecule has 2 fully saturated rings. The Bertz CT molecular complexity index is 527. The highest BCUT2D eigenvalue weighted by Crippen LogP contribution is 2.31. The molecule has 1 aliphatic heterocycles. The zero-order valence-corrected chi connectivity index (χ0v) is 14.7. The summed E-state index contributed by atoms with van der Waals surface area (Å²) < 4.78 is 0. The van der Waals surface area contributed by atoms with Crippen LogP contribution in [0.5, 0.6) is 0 Å². The van der Waals surface area contributed by atoms with Crippen molar-refractivity contribution in [1.29, 1.82) is 0 Å². The highest BCUT2D eigenvalue weighted by Gasteiger charge is 2.32. The lowest BCUT2D eigenvalue weighted by Gasteiger charge is -2.32. The fourth-order valence-corrected chi connectivity index (χ4v) is 3.56. The van der Waals surface area contributed by atoms with Gasteiger partial charge >= 0.3 is 0 Å². The molecule has 23 heavy (non-hydrogen) atoms. The van der Waals surface area contributed by atoms with Crippen molar-refractivity contribution in [3.63, 3.8) is 0 Å². The molecule has 3 rings (SSSR count). The van der Waals surface area contributed by atoms with Gasteiger partial charge in [-0.1, -0.05) is 23.7 Å². The van der Waals surface area contributed by atoms with Gasteiger partial charge in [0, 0.05) is 30.1 Å². The first-order valence-electron chi connectivity index (χ1n) is 8.88. The molecular weight excluding hydrogens is 308 g/mol. The molecule has 0 unspecified atom stereocenters. The summed E-state index contributed by atoms with van der Waals surface area (Å²) in [6.07, 6.45) is 5.43. The van der Waals surface area contributed by atoms with Crippen LogP contribution in [0.15, 0.2) is 24.3 Å². The number of benzene rings is 1. The van der Waals surface area contributed by atoms with Gasteiger partial charge < -0.3 is 10.2 Å². The van der Waals surface area contributed by atoms with Gasteiger partial charge in [-0.3, -0.25) is 4.79 Å². The largest absolute Gasteiger partial charge is 0.342 e. The van der Waals surface area contributed by atoms with E-state index in [1.807, 2.05) is 12.1 Å². The van der Waals surface area contributed by atoms with Crippen molar-refractivity contribution < 1.29 is 4.79 Å². The molecule has 2 aliphatic rings. The van der Waals surface area contributed by atoms with Gasteiger partial charge in [-0.05, 0) is 69.2 Å². The number of halogens is 1. The second-order valence-corrected chi connectivity index (χ2v) is 7.62. The Labute approximate surface area is 144 Å². The average molecular weight is 335 g/mol. The third-order valence-corrected chi connectivity index (χ3v) is 5.30. The predicted octanol–water partition coefficient (Wildman–Crippen LogP) is 3.51. The van der Waals surface area contributed by atoms with Crippen LogP contribution >= 0.6 is 11.6 Å². The third kappa shape index (κ3) is 4.95. The SMILES string of the molecule is C[C@H]1C[C@@H](C(=O)N(CCc2ccc(Cl)cc2)CC2CC2)CCN1. The molecule has 1 saturated heterocycles. The van der Waals surface area contributed by atoms with E-state index in [1.54, 1.807) is 0 Å². The maximum absolute atomic E-state index is 13.0. The number of nitrogens with zero attached hydrogens (tertiary/aromatic N) is 1. The highest BCUT2D eigenvalue weighted by atomic mass is 35.5. The monoisotopic (exact) mass is 334 g/mol. The molecule has 1 aliphatic carbocycles. The van der Waals surface area contributed by atoms with Crippen LogP contribution in [0.2, 0.25) is 5.02 Å². The Hall–Kier alpha value is -1.06. The number of piperidine rings is 1. The lowest BCUT2D eigenvalue weighted by atomic mass is 9.91. The van der Waals surface area contributed by atoms with E-state index in [2.05, 4.69) is 29.3 Å². The molecule has 3 nitrogen and oxygen atoms in total. The third-order valence-electron chi connectivity index (χ3n) is 5.04. The first-order valence-corrected chi connectivity index (χ1v) is 9.26. The first-order chi connectivity index (χ1) is 11.1. The molecule has 0 spiro atoms. The summed E-state index contributed by atoms with van der Waals surface area (Å²) in [7, 11) is 0. The maximum Gasteiger partial charge on any atom is 0.225 e. The molecule has 1 aromatic rings. The molecule has 0 aromatic heterocycles. The second kappa shape index (κ2) is 7.67. The van der Waals surface area contributed by atoms with Crippen LogP contribution in [0.1, 0.15) is 38.2 Å². The Morgan fingerprint density at radius 2 is 2.00 bits per heavy atom. The number of hydrogen-bond acceptors (Lipinski definition) is 2. The molecule has 2 atom stereocenters. The van der Waals surface area contributed by atoms with E-state index in [0.717, 1.165) is 49.8 Å². The minimum Gasteiger partial charge on any atom is -0.342 e. The van der Waals surface area contributed by atoms with Crippen molar-refractivity contribution in [2.24, 2.45) is 11.8 Å². The number of hydrogen-bond donors (Lipinski definition) is 1. The van der Waals surface area contributed by atoms with Crippen LogP contribution < -0.4 is 5.32 Å². The molecule has 1 aromatic carbocycles. The molecule has 1 N–H and O–H groups in total. The van der Waals surface area contributed by atoms with E-state index in [-0.39, 0.29) is 5.92 Å². The van der Waals surface area contributed by atoms with Crippen molar-refractivity contribution in [3.05, 3.63) is 34.9 Å². The van der Waals surface area contributed by atoms with E-state index >= 15 is 0 Å².